The predicted octanol–water partition coefficient (Wildman–Crippen LogP) is 4.04. The van der Waals surface area contributed by atoms with Crippen LogP contribution in [0.3, 0.4) is 0 Å². The van der Waals surface area contributed by atoms with Crippen molar-refractivity contribution >= 4 is 28.5 Å². The number of carboxylic acids is 1. The molecule has 0 radical (unpaired) electrons. The standard InChI is InChI=1S/C25H27ClN2O5/c1-17-20-8-7-19(15-22(20)33-25(31)23(17)24(29)30)32-14-4-9-27-10-12-28(13-11-27)16-18-5-2-3-6-21(18)26/h2-3,5-8,15H,4,9-14,16H2,1H3,(H,29,30). The molecule has 33 heavy (non-hydrogen) atoms. The number of carboxylic acid groups (broad SMARTS) is 1. The van der Waals surface area contributed by atoms with Gasteiger partial charge < -0.3 is 19.2 Å². The molecule has 0 saturated carbocycles. The highest BCUT2D eigenvalue weighted by molar-refractivity contribution is 6.31. The van der Waals surface area contributed by atoms with Crippen molar-refractivity contribution in [3.05, 3.63) is 74.6 Å². The zero-order valence-corrected chi connectivity index (χ0v) is 19.3. The Morgan fingerprint density at radius 1 is 1.12 bits per heavy atom. The molecule has 0 amide bonds. The highest BCUT2D eigenvalue weighted by Gasteiger charge is 2.19. The molecule has 1 aliphatic heterocycles. The zero-order valence-electron chi connectivity index (χ0n) is 18.6. The summed E-state index contributed by atoms with van der Waals surface area (Å²) in [6, 6.07) is 13.1. The number of benzene rings is 2. The molecule has 0 spiro atoms. The second-order valence-corrected chi connectivity index (χ2v) is 8.67. The highest BCUT2D eigenvalue weighted by Crippen LogP contribution is 2.24. The molecule has 174 valence electrons. The van der Waals surface area contributed by atoms with Gasteiger partial charge in [-0.3, -0.25) is 4.90 Å². The van der Waals surface area contributed by atoms with Gasteiger partial charge in [-0.15, -0.1) is 0 Å². The Hall–Kier alpha value is -2.87. The molecule has 1 aliphatic rings. The number of fused-ring (bicyclic) bond motifs is 1. The third-order valence-corrected chi connectivity index (χ3v) is 6.43. The minimum absolute atomic E-state index is 0.328. The van der Waals surface area contributed by atoms with E-state index in [1.54, 1.807) is 25.1 Å². The number of carbonyl (C=O) groups is 1. The molecule has 1 aromatic heterocycles. The number of aryl methyl sites for hydroxylation is 1. The highest BCUT2D eigenvalue weighted by atomic mass is 35.5. The topological polar surface area (TPSA) is 83.2 Å². The molecule has 0 atom stereocenters. The number of piperazine rings is 1. The Balaban J connectivity index is 1.24. The second-order valence-electron chi connectivity index (χ2n) is 8.26. The van der Waals surface area contributed by atoms with Gasteiger partial charge in [0, 0.05) is 55.7 Å². The van der Waals surface area contributed by atoms with E-state index in [1.165, 1.54) is 5.56 Å². The lowest BCUT2D eigenvalue weighted by atomic mass is 10.1. The Morgan fingerprint density at radius 2 is 1.85 bits per heavy atom. The summed E-state index contributed by atoms with van der Waals surface area (Å²) < 4.78 is 11.0. The molecule has 1 N–H and O–H groups in total. The Morgan fingerprint density at radius 3 is 2.58 bits per heavy atom. The molecule has 2 heterocycles. The maximum Gasteiger partial charge on any atom is 0.351 e. The largest absolute Gasteiger partial charge is 0.493 e. The maximum absolute atomic E-state index is 12.0. The van der Waals surface area contributed by atoms with E-state index in [-0.39, 0.29) is 5.56 Å². The van der Waals surface area contributed by atoms with Crippen molar-refractivity contribution in [1.82, 2.24) is 9.80 Å². The Bertz CT molecular complexity index is 1200. The van der Waals surface area contributed by atoms with Crippen molar-refractivity contribution in [2.24, 2.45) is 0 Å². The van der Waals surface area contributed by atoms with Crippen molar-refractivity contribution in [3.63, 3.8) is 0 Å². The maximum atomic E-state index is 12.0. The quantitative estimate of drug-likeness (QED) is 0.393. The van der Waals surface area contributed by atoms with Crippen LogP contribution in [0.25, 0.3) is 11.0 Å². The number of hydrogen-bond donors (Lipinski definition) is 1. The first-order valence-electron chi connectivity index (χ1n) is 11.0. The molecule has 2 aromatic carbocycles. The van der Waals surface area contributed by atoms with Gasteiger partial charge in [0.25, 0.3) is 0 Å². The summed E-state index contributed by atoms with van der Waals surface area (Å²) in [5.41, 5.74) is 0.715. The normalized spacial score (nSPS) is 15.1. The minimum Gasteiger partial charge on any atom is -0.493 e. The molecule has 0 unspecified atom stereocenters. The monoisotopic (exact) mass is 470 g/mol. The first-order chi connectivity index (χ1) is 15.9. The molecule has 3 aromatic rings. The SMILES string of the molecule is Cc1c(C(=O)O)c(=O)oc2cc(OCCCN3CCN(Cc4ccccc4Cl)CC3)ccc12. The molecule has 4 rings (SSSR count). The number of aromatic carboxylic acids is 1. The van der Waals surface area contributed by atoms with Crippen LogP contribution in [0.5, 0.6) is 5.75 Å². The van der Waals surface area contributed by atoms with Crippen molar-refractivity contribution in [1.29, 1.82) is 0 Å². The molecule has 0 bridgehead atoms. The van der Waals surface area contributed by atoms with Crippen molar-refractivity contribution in [3.8, 4) is 5.75 Å². The minimum atomic E-state index is -1.28. The van der Waals surface area contributed by atoms with Gasteiger partial charge >= 0.3 is 11.6 Å². The summed E-state index contributed by atoms with van der Waals surface area (Å²) in [5, 5.41) is 10.6. The summed E-state index contributed by atoms with van der Waals surface area (Å²) in [6.07, 6.45) is 0.878. The smallest absolute Gasteiger partial charge is 0.351 e. The number of halogens is 1. The van der Waals surface area contributed by atoms with Crippen LogP contribution in [0.15, 0.2) is 51.7 Å². The fraction of sp³-hybridized carbons (Fsp3) is 0.360. The Labute approximate surface area is 197 Å². The van der Waals surface area contributed by atoms with Crippen molar-refractivity contribution in [2.45, 2.75) is 19.9 Å². The lowest BCUT2D eigenvalue weighted by Crippen LogP contribution is -2.46. The number of nitrogens with zero attached hydrogens (tertiary/aromatic N) is 2. The summed E-state index contributed by atoms with van der Waals surface area (Å²) in [7, 11) is 0. The first-order valence-corrected chi connectivity index (χ1v) is 11.4. The van der Waals surface area contributed by atoms with Gasteiger partial charge in [0.1, 0.15) is 16.9 Å². The number of hydrogen-bond acceptors (Lipinski definition) is 6. The van der Waals surface area contributed by atoms with Crippen LogP contribution in [0.2, 0.25) is 5.02 Å². The van der Waals surface area contributed by atoms with E-state index in [9.17, 15) is 14.7 Å². The summed E-state index contributed by atoms with van der Waals surface area (Å²) >= 11 is 6.28. The van der Waals surface area contributed by atoms with E-state index >= 15 is 0 Å². The number of ether oxygens (including phenoxy) is 1. The van der Waals surface area contributed by atoms with E-state index in [0.717, 1.165) is 50.7 Å². The molecule has 8 heteroatoms. The van der Waals surface area contributed by atoms with Crippen LogP contribution in [0.4, 0.5) is 0 Å². The lowest BCUT2D eigenvalue weighted by Gasteiger charge is -2.34. The van der Waals surface area contributed by atoms with Gasteiger partial charge in [0.05, 0.1) is 6.61 Å². The summed E-state index contributed by atoms with van der Waals surface area (Å²) in [6.45, 7) is 8.01. The molecular weight excluding hydrogens is 444 g/mol. The van der Waals surface area contributed by atoms with Gasteiger partial charge in [-0.2, -0.15) is 0 Å². The van der Waals surface area contributed by atoms with Crippen LogP contribution in [-0.4, -0.2) is 60.2 Å². The van der Waals surface area contributed by atoms with E-state index in [2.05, 4.69) is 15.9 Å². The van der Waals surface area contributed by atoms with Crippen molar-refractivity contribution in [2.75, 3.05) is 39.3 Å². The van der Waals surface area contributed by atoms with Gasteiger partial charge in [-0.25, -0.2) is 9.59 Å². The van der Waals surface area contributed by atoms with Gasteiger partial charge in [0.15, 0.2) is 0 Å². The molecule has 7 nitrogen and oxygen atoms in total. The third kappa shape index (κ3) is 5.55. The van der Waals surface area contributed by atoms with E-state index < -0.39 is 11.6 Å². The summed E-state index contributed by atoms with van der Waals surface area (Å²) in [5.74, 6) is -0.689. The predicted molar refractivity (Wildman–Crippen MR) is 127 cm³/mol. The Kier molecular flexibility index (Phi) is 7.33. The third-order valence-electron chi connectivity index (χ3n) is 6.06. The van der Waals surface area contributed by atoms with Crippen LogP contribution in [0, 0.1) is 6.92 Å². The average molecular weight is 471 g/mol. The second kappa shape index (κ2) is 10.4. The molecule has 1 saturated heterocycles. The zero-order chi connectivity index (χ0) is 23.4. The summed E-state index contributed by atoms with van der Waals surface area (Å²) in [4.78, 5) is 28.1. The van der Waals surface area contributed by atoms with Crippen LogP contribution >= 0.6 is 11.6 Å². The molecule has 0 aliphatic carbocycles. The molecular formula is C25H27ClN2O5. The van der Waals surface area contributed by atoms with Crippen LogP contribution in [0.1, 0.15) is 27.9 Å². The van der Waals surface area contributed by atoms with Gasteiger partial charge in [-0.1, -0.05) is 29.8 Å². The number of rotatable bonds is 8. The van der Waals surface area contributed by atoms with E-state index in [1.807, 2.05) is 18.2 Å². The fourth-order valence-corrected chi connectivity index (χ4v) is 4.39. The van der Waals surface area contributed by atoms with E-state index in [0.29, 0.717) is 28.9 Å². The van der Waals surface area contributed by atoms with Gasteiger partial charge in [0.2, 0.25) is 0 Å². The lowest BCUT2D eigenvalue weighted by molar-refractivity contribution is 0.0691. The average Bonchev–Trinajstić information content (AvgIpc) is 2.79. The van der Waals surface area contributed by atoms with E-state index in [4.69, 9.17) is 20.8 Å². The first kappa shape index (κ1) is 23.3. The van der Waals surface area contributed by atoms with Crippen LogP contribution < -0.4 is 10.4 Å². The van der Waals surface area contributed by atoms with Gasteiger partial charge in [-0.05, 0) is 42.7 Å². The molecule has 1 fully saturated rings. The fourth-order valence-electron chi connectivity index (χ4n) is 4.19. The van der Waals surface area contributed by atoms with Crippen LogP contribution in [-0.2, 0) is 6.54 Å². The van der Waals surface area contributed by atoms with Crippen molar-refractivity contribution < 1.29 is 19.1 Å².